The first-order valence-corrected chi connectivity index (χ1v) is 15.4. The Morgan fingerprint density at radius 3 is 2.10 bits per heavy atom. The van der Waals surface area contributed by atoms with Crippen LogP contribution in [0.1, 0.15) is 66.5 Å². The van der Waals surface area contributed by atoms with Crippen molar-refractivity contribution >= 4 is 45.9 Å². The van der Waals surface area contributed by atoms with Crippen LogP contribution in [0.3, 0.4) is 0 Å². The number of aryl methyl sites for hydroxylation is 2. The van der Waals surface area contributed by atoms with E-state index >= 15 is 0 Å². The van der Waals surface area contributed by atoms with Gasteiger partial charge in [0.1, 0.15) is 0 Å². The summed E-state index contributed by atoms with van der Waals surface area (Å²) in [6.45, 7) is 11.2. The fourth-order valence-corrected chi connectivity index (χ4v) is 7.00. The van der Waals surface area contributed by atoms with Crippen LogP contribution in [0.5, 0.6) is 0 Å². The van der Waals surface area contributed by atoms with Crippen LogP contribution < -0.4 is 5.32 Å². The van der Waals surface area contributed by atoms with Crippen LogP contribution >= 0.6 is 22.7 Å². The molecule has 3 heterocycles. The summed E-state index contributed by atoms with van der Waals surface area (Å²) in [5.74, 6) is -2.11. The van der Waals surface area contributed by atoms with E-state index in [1.54, 1.807) is 62.5 Å². The van der Waals surface area contributed by atoms with Crippen molar-refractivity contribution in [3.63, 3.8) is 0 Å². The van der Waals surface area contributed by atoms with Gasteiger partial charge in [-0.25, -0.2) is 9.59 Å². The van der Waals surface area contributed by atoms with Gasteiger partial charge in [-0.1, -0.05) is 18.2 Å². The number of carbonyl (C=O) groups is 2. The second-order valence-electron chi connectivity index (χ2n) is 10.3. The Hall–Kier alpha value is -4.02. The highest BCUT2D eigenvalue weighted by atomic mass is 32.1. The van der Waals surface area contributed by atoms with Gasteiger partial charge >= 0.3 is 11.9 Å². The molecule has 0 radical (unpaired) electrons. The fourth-order valence-electron chi connectivity index (χ4n) is 4.98. The van der Waals surface area contributed by atoms with E-state index in [0.717, 1.165) is 5.57 Å². The molecule has 1 N–H and O–H groups in total. The highest BCUT2D eigenvalue weighted by Crippen LogP contribution is 2.40. The normalized spacial score (nSPS) is 15.0. The van der Waals surface area contributed by atoms with Crippen molar-refractivity contribution in [3.05, 3.63) is 112 Å². The maximum absolute atomic E-state index is 13.7. The van der Waals surface area contributed by atoms with Crippen LogP contribution in [0.15, 0.2) is 75.8 Å². The zero-order chi connectivity index (χ0) is 30.6. The predicted molar refractivity (Wildman–Crippen MR) is 166 cm³/mol. The summed E-state index contributed by atoms with van der Waals surface area (Å²) in [7, 11) is 0. The van der Waals surface area contributed by atoms with Crippen LogP contribution in [-0.4, -0.2) is 29.6 Å². The molecule has 10 heteroatoms. The largest absolute Gasteiger partial charge is 0.462 e. The van der Waals surface area contributed by atoms with Crippen molar-refractivity contribution in [3.8, 4) is 0 Å². The molecule has 220 valence electrons. The average molecular weight is 607 g/mol. The summed E-state index contributed by atoms with van der Waals surface area (Å²) in [6, 6.07) is 10.1. The summed E-state index contributed by atoms with van der Waals surface area (Å²) in [4.78, 5) is 40.4. The van der Waals surface area contributed by atoms with E-state index in [9.17, 15) is 19.7 Å². The van der Waals surface area contributed by atoms with Crippen LogP contribution in [0.2, 0.25) is 0 Å². The van der Waals surface area contributed by atoms with E-state index in [-0.39, 0.29) is 23.4 Å². The van der Waals surface area contributed by atoms with E-state index < -0.39 is 28.9 Å². The molecule has 0 fully saturated rings. The Kier molecular flexibility index (Phi) is 9.80. The van der Waals surface area contributed by atoms with Gasteiger partial charge in [0.25, 0.3) is 5.69 Å². The van der Waals surface area contributed by atoms with Crippen molar-refractivity contribution in [2.45, 2.75) is 60.0 Å². The molecule has 8 nitrogen and oxygen atoms in total. The van der Waals surface area contributed by atoms with Crippen molar-refractivity contribution < 1.29 is 24.0 Å². The fraction of sp³-hybridized carbons (Fsp3) is 0.312. The Morgan fingerprint density at radius 2 is 1.57 bits per heavy atom. The lowest BCUT2D eigenvalue weighted by atomic mass is 9.80. The molecule has 0 saturated heterocycles. The van der Waals surface area contributed by atoms with Gasteiger partial charge in [-0.2, -0.15) is 0 Å². The molecule has 1 aliphatic heterocycles. The second-order valence-corrected chi connectivity index (χ2v) is 12.2. The summed E-state index contributed by atoms with van der Waals surface area (Å²) < 4.78 is 11.3. The number of nitrogens with one attached hydrogen (secondary N) is 1. The molecule has 0 bridgehead atoms. The van der Waals surface area contributed by atoms with Gasteiger partial charge in [0.2, 0.25) is 0 Å². The number of ether oxygens (including phenoxy) is 2. The molecule has 0 saturated carbocycles. The van der Waals surface area contributed by atoms with E-state index in [4.69, 9.17) is 9.47 Å². The van der Waals surface area contributed by atoms with Crippen LogP contribution in [-0.2, 0) is 19.1 Å². The van der Waals surface area contributed by atoms with Gasteiger partial charge in [-0.15, -0.1) is 22.7 Å². The van der Waals surface area contributed by atoms with Crippen molar-refractivity contribution in [2.75, 3.05) is 6.61 Å². The Morgan fingerprint density at radius 1 is 0.976 bits per heavy atom. The minimum Gasteiger partial charge on any atom is -0.462 e. The molecule has 1 atom stereocenters. The number of non-ortho nitro benzene ring substituents is 1. The SMILES string of the molecule is CC1=C(C(=O)OCCC=C(c2sccc2C)c2sccc2C)C(c2cccc([N+](=O)[O-])c2)C(C(=O)OC(C)C)=C(C)N1. The zero-order valence-electron chi connectivity index (χ0n) is 24.5. The highest BCUT2D eigenvalue weighted by Gasteiger charge is 2.38. The third-order valence-corrected chi connectivity index (χ3v) is 8.97. The molecule has 0 spiro atoms. The summed E-state index contributed by atoms with van der Waals surface area (Å²) in [5.41, 5.74) is 5.22. The smallest absolute Gasteiger partial charge is 0.337 e. The molecule has 1 aromatic carbocycles. The molecule has 2 aromatic heterocycles. The second kappa shape index (κ2) is 13.3. The summed E-state index contributed by atoms with van der Waals surface area (Å²) in [6.07, 6.45) is 2.18. The third kappa shape index (κ3) is 6.71. The average Bonchev–Trinajstić information content (AvgIpc) is 3.55. The molecule has 4 rings (SSSR count). The Balaban J connectivity index is 1.64. The monoisotopic (exact) mass is 606 g/mol. The maximum atomic E-state index is 13.7. The number of hydrogen-bond acceptors (Lipinski definition) is 9. The number of nitro benzene ring substituents is 1. The van der Waals surface area contributed by atoms with Gasteiger partial charge in [-0.05, 0) is 81.1 Å². The van der Waals surface area contributed by atoms with Crippen molar-refractivity contribution in [1.82, 2.24) is 5.32 Å². The van der Waals surface area contributed by atoms with E-state index in [0.29, 0.717) is 23.4 Å². The molecule has 3 aromatic rings. The van der Waals surface area contributed by atoms with Gasteiger partial charge < -0.3 is 14.8 Å². The van der Waals surface area contributed by atoms with E-state index in [2.05, 4.69) is 48.1 Å². The number of rotatable bonds is 10. The number of hydrogen-bond donors (Lipinski definition) is 1. The first-order valence-electron chi connectivity index (χ1n) is 13.6. The first-order chi connectivity index (χ1) is 20.0. The molecule has 1 aliphatic rings. The van der Waals surface area contributed by atoms with Crippen molar-refractivity contribution in [2.24, 2.45) is 0 Å². The molecule has 42 heavy (non-hydrogen) atoms. The number of nitro groups is 1. The number of nitrogens with zero attached hydrogens (tertiary/aromatic N) is 1. The van der Waals surface area contributed by atoms with Gasteiger partial charge in [0, 0.05) is 45.3 Å². The number of benzene rings is 1. The predicted octanol–water partition coefficient (Wildman–Crippen LogP) is 7.59. The third-order valence-electron chi connectivity index (χ3n) is 6.87. The minimum atomic E-state index is -0.904. The van der Waals surface area contributed by atoms with E-state index in [1.807, 2.05) is 0 Å². The summed E-state index contributed by atoms with van der Waals surface area (Å²) in [5, 5.41) is 18.8. The molecule has 0 amide bonds. The Bertz CT molecular complexity index is 1570. The quantitative estimate of drug-likeness (QED) is 0.110. The number of dihydropyridines is 1. The zero-order valence-corrected chi connectivity index (χ0v) is 26.1. The van der Waals surface area contributed by atoms with Crippen LogP contribution in [0.25, 0.3) is 5.57 Å². The van der Waals surface area contributed by atoms with Gasteiger partial charge in [0.05, 0.1) is 34.7 Å². The van der Waals surface area contributed by atoms with Crippen LogP contribution in [0, 0.1) is 24.0 Å². The standard InChI is InChI=1S/C32H34N2O6S2/c1-18(2)40-32(36)27-22(6)33-21(5)26(28(27)23-9-7-10-24(17-23)34(37)38)31(35)39-14-8-11-25(29-19(3)12-15-41-29)30-20(4)13-16-42-30/h7,9-13,15-18,28,33H,8,14H2,1-6H3. The van der Waals surface area contributed by atoms with E-state index in [1.165, 1.54) is 33.0 Å². The number of allylic oxidation sites excluding steroid dienone is 2. The number of thiophene rings is 2. The lowest BCUT2D eigenvalue weighted by molar-refractivity contribution is -0.384. The maximum Gasteiger partial charge on any atom is 0.337 e. The minimum absolute atomic E-state index is 0.115. The summed E-state index contributed by atoms with van der Waals surface area (Å²) >= 11 is 3.36. The first kappa shape index (κ1) is 30.9. The molecular weight excluding hydrogens is 572 g/mol. The highest BCUT2D eigenvalue weighted by molar-refractivity contribution is 7.14. The number of esters is 2. The molecule has 1 unspecified atom stereocenters. The van der Waals surface area contributed by atoms with Crippen LogP contribution in [0.4, 0.5) is 5.69 Å². The lowest BCUT2D eigenvalue weighted by Crippen LogP contribution is -2.33. The van der Waals surface area contributed by atoms with Gasteiger partial charge in [0.15, 0.2) is 0 Å². The van der Waals surface area contributed by atoms with Crippen molar-refractivity contribution in [1.29, 1.82) is 0 Å². The van der Waals surface area contributed by atoms with Gasteiger partial charge in [-0.3, -0.25) is 10.1 Å². The Labute approximate surface area is 253 Å². The topological polar surface area (TPSA) is 108 Å². The molecule has 0 aliphatic carbocycles. The lowest BCUT2D eigenvalue weighted by Gasteiger charge is -2.30. The molecular formula is C32H34N2O6S2. The number of carbonyl (C=O) groups excluding carboxylic acids is 2.